The maximum Gasteiger partial charge on any atom is 0.198 e. The van der Waals surface area contributed by atoms with Gasteiger partial charge in [-0.15, -0.1) is 0 Å². The molecule has 1 aromatic carbocycles. The highest BCUT2D eigenvalue weighted by Crippen LogP contribution is 2.53. The van der Waals surface area contributed by atoms with Gasteiger partial charge in [-0.3, -0.25) is 24.0 Å². The number of phenols is 1. The van der Waals surface area contributed by atoms with Gasteiger partial charge in [0.05, 0.1) is 47.3 Å². The molecule has 0 amide bonds. The van der Waals surface area contributed by atoms with Crippen LogP contribution in [-0.2, 0) is 47.5 Å². The van der Waals surface area contributed by atoms with Crippen LogP contribution < -0.4 is 0 Å². The fourth-order valence-corrected chi connectivity index (χ4v) is 9.57. The van der Waals surface area contributed by atoms with Crippen molar-refractivity contribution in [2.45, 2.75) is 164 Å². The summed E-state index contributed by atoms with van der Waals surface area (Å²) in [6, 6.07) is 2.69. The van der Waals surface area contributed by atoms with Crippen LogP contribution >= 0.6 is 0 Å². The number of rotatable bonds is 7. The zero-order chi connectivity index (χ0) is 42.3. The van der Waals surface area contributed by atoms with Gasteiger partial charge in [-0.25, -0.2) is 0 Å². The van der Waals surface area contributed by atoms with Crippen LogP contribution in [0.15, 0.2) is 47.6 Å². The molecule has 3 aliphatic carbocycles. The quantitative estimate of drug-likeness (QED) is 0.310. The van der Waals surface area contributed by atoms with E-state index in [1.165, 1.54) is 24.3 Å². The molecule has 4 heterocycles. The van der Waals surface area contributed by atoms with E-state index in [4.69, 9.17) is 33.2 Å². The lowest BCUT2D eigenvalue weighted by molar-refractivity contribution is -0.292. The van der Waals surface area contributed by atoms with Crippen molar-refractivity contribution < 1.29 is 77.6 Å². The molecule has 1 aromatic rings. The zero-order valence-corrected chi connectivity index (χ0v) is 33.5. The number of allylic oxidation sites excluding steroid dienone is 2. The van der Waals surface area contributed by atoms with E-state index in [9.17, 15) is 44.4 Å². The Labute approximate surface area is 340 Å². The van der Waals surface area contributed by atoms with E-state index in [1.54, 1.807) is 33.8 Å². The Balaban J connectivity index is 0.949. The minimum Gasteiger partial charge on any atom is -0.507 e. The van der Waals surface area contributed by atoms with Gasteiger partial charge < -0.3 is 53.6 Å². The Kier molecular flexibility index (Phi) is 10.8. The first kappa shape index (κ1) is 41.9. The van der Waals surface area contributed by atoms with Crippen molar-refractivity contribution in [3.63, 3.8) is 0 Å². The van der Waals surface area contributed by atoms with Crippen LogP contribution in [0, 0.1) is 0 Å². The number of Topliss-reactive ketones (excluding diaryl/α,β-unsaturated/α-hetero) is 4. The van der Waals surface area contributed by atoms with Crippen LogP contribution in [0.3, 0.4) is 0 Å². The first-order valence-corrected chi connectivity index (χ1v) is 20.2. The van der Waals surface area contributed by atoms with E-state index in [2.05, 4.69) is 0 Å². The van der Waals surface area contributed by atoms with Gasteiger partial charge in [0.25, 0.3) is 0 Å². The third-order valence-electron chi connectivity index (χ3n) is 12.7. The Morgan fingerprint density at radius 2 is 1.59 bits per heavy atom. The van der Waals surface area contributed by atoms with Crippen molar-refractivity contribution in [1.29, 1.82) is 0 Å². The maximum atomic E-state index is 14.2. The summed E-state index contributed by atoms with van der Waals surface area (Å²) < 4.78 is 42.0. The lowest BCUT2D eigenvalue weighted by atomic mass is 9.57. The van der Waals surface area contributed by atoms with Crippen LogP contribution in [0.1, 0.15) is 112 Å². The third-order valence-corrected chi connectivity index (χ3v) is 12.7. The first-order chi connectivity index (χ1) is 27.8. The molecule has 8 rings (SSSR count). The summed E-state index contributed by atoms with van der Waals surface area (Å²) in [5.41, 5.74) is -7.99. The highest BCUT2D eigenvalue weighted by molar-refractivity contribution is 6.32. The number of benzene rings is 1. The number of carbonyl (C=O) groups is 5. The Hall–Kier alpha value is -3.81. The van der Waals surface area contributed by atoms with Gasteiger partial charge in [-0.05, 0) is 65.3 Å². The summed E-state index contributed by atoms with van der Waals surface area (Å²) in [5, 5.41) is 47.0. The fraction of sp³-hybridized carbons (Fsp3) is 0.605. The molecule has 14 atom stereocenters. The number of aliphatic hydroxyl groups excluding tert-OH is 1. The Bertz CT molecular complexity index is 2040. The normalized spacial score (nSPS) is 42.4. The first-order valence-electron chi connectivity index (χ1n) is 20.2. The van der Waals surface area contributed by atoms with E-state index in [-0.39, 0.29) is 65.6 Å². The topological polar surface area (TPSA) is 231 Å². The molecule has 59 heavy (non-hydrogen) atoms. The molecule has 318 valence electrons. The summed E-state index contributed by atoms with van der Waals surface area (Å²) in [7, 11) is 0. The van der Waals surface area contributed by atoms with Crippen LogP contribution in [-0.4, -0.2) is 128 Å². The number of ketones is 5. The third kappa shape index (κ3) is 7.20. The number of carbonyl (C=O) groups excluding carboxylic acids is 5. The average Bonchev–Trinajstić information content (AvgIpc) is 3.16. The molecular formula is C43H50O16. The molecule has 16 heteroatoms. The minimum absolute atomic E-state index is 0.0448. The number of fused-ring (bicyclic) bond motifs is 3. The SMILES string of the molecule is CC1OC(OC2CCC(OC3C(O)CC(c4ccc5c(c4O)C(=O)C4=C(C5=O)C5(O)C(=O)CC(C)(OC6CCC(=O)C(C)O6)CC5(O)C=C4)OC3C)OC2C)C=CC1=O. The zero-order valence-electron chi connectivity index (χ0n) is 33.5. The Morgan fingerprint density at radius 1 is 0.831 bits per heavy atom. The molecule has 4 fully saturated rings. The van der Waals surface area contributed by atoms with E-state index in [0.717, 1.165) is 6.08 Å². The second-order valence-corrected chi connectivity index (χ2v) is 17.1. The molecule has 4 N–H and O–H groups in total. The highest BCUT2D eigenvalue weighted by atomic mass is 16.7. The van der Waals surface area contributed by atoms with Crippen LogP contribution in [0.2, 0.25) is 0 Å². The molecule has 7 aliphatic rings. The van der Waals surface area contributed by atoms with Gasteiger partial charge in [0.2, 0.25) is 0 Å². The molecule has 16 nitrogen and oxygen atoms in total. The molecular weight excluding hydrogens is 772 g/mol. The average molecular weight is 823 g/mol. The molecule has 14 unspecified atom stereocenters. The molecule has 0 aromatic heterocycles. The van der Waals surface area contributed by atoms with Gasteiger partial charge >= 0.3 is 0 Å². The van der Waals surface area contributed by atoms with Crippen molar-refractivity contribution in [3.8, 4) is 5.75 Å². The van der Waals surface area contributed by atoms with Crippen molar-refractivity contribution in [2.75, 3.05) is 0 Å². The molecule has 4 aliphatic heterocycles. The number of aliphatic hydroxyl groups is 3. The van der Waals surface area contributed by atoms with E-state index in [1.807, 2.05) is 6.92 Å². The second kappa shape index (κ2) is 15.3. The summed E-state index contributed by atoms with van der Waals surface area (Å²) in [6.07, 6.45) is -1.91. The number of hydrogen-bond acceptors (Lipinski definition) is 16. The molecule has 0 bridgehead atoms. The van der Waals surface area contributed by atoms with Crippen LogP contribution in [0.5, 0.6) is 5.75 Å². The van der Waals surface area contributed by atoms with Gasteiger partial charge in [0.1, 0.15) is 29.7 Å². The van der Waals surface area contributed by atoms with Crippen molar-refractivity contribution >= 4 is 28.9 Å². The molecule has 3 saturated heterocycles. The van der Waals surface area contributed by atoms with Crippen LogP contribution in [0.25, 0.3) is 0 Å². The largest absolute Gasteiger partial charge is 0.507 e. The standard InChI is InChI=1S/C43H50O16/c1-19-26(44)8-11-32(54-19)57-29-10-13-33(56-21(29)3)58-40-22(4)53-30(16-28(40)46)23-6-7-24-35(37(23)48)38(49)25-14-15-42(51)18-41(5,59-34-12-9-27(45)20(2)55-34)17-31(47)43(42,52)36(25)39(24)50/h6-8,11,14-15,19-22,28-30,32-34,40,46,48,51-52H,9-10,12-13,16-18H2,1-5H3. The van der Waals surface area contributed by atoms with Crippen molar-refractivity contribution in [2.24, 2.45) is 0 Å². The van der Waals surface area contributed by atoms with Crippen LogP contribution in [0.4, 0.5) is 0 Å². The minimum atomic E-state index is -2.81. The number of hydrogen-bond donors (Lipinski definition) is 4. The molecule has 0 spiro atoms. The van der Waals surface area contributed by atoms with Gasteiger partial charge in [-0.1, -0.05) is 12.1 Å². The van der Waals surface area contributed by atoms with E-state index < -0.39 is 113 Å². The maximum absolute atomic E-state index is 14.2. The Morgan fingerprint density at radius 3 is 2.29 bits per heavy atom. The lowest BCUT2D eigenvalue weighted by Gasteiger charge is -2.53. The predicted octanol–water partition coefficient (Wildman–Crippen LogP) is 2.71. The van der Waals surface area contributed by atoms with E-state index >= 15 is 0 Å². The smallest absolute Gasteiger partial charge is 0.198 e. The van der Waals surface area contributed by atoms with E-state index in [0.29, 0.717) is 12.8 Å². The molecule has 0 radical (unpaired) electrons. The lowest BCUT2D eigenvalue weighted by Crippen LogP contribution is -2.69. The second-order valence-electron chi connectivity index (χ2n) is 17.1. The summed E-state index contributed by atoms with van der Waals surface area (Å²) in [5.74, 6) is -3.50. The predicted molar refractivity (Wildman–Crippen MR) is 201 cm³/mol. The van der Waals surface area contributed by atoms with Gasteiger partial charge in [0, 0.05) is 55.2 Å². The van der Waals surface area contributed by atoms with Gasteiger partial charge in [0.15, 0.2) is 53.4 Å². The highest BCUT2D eigenvalue weighted by Gasteiger charge is 2.67. The fourth-order valence-electron chi connectivity index (χ4n) is 9.57. The summed E-state index contributed by atoms with van der Waals surface area (Å²) >= 11 is 0. The number of phenolic OH excluding ortho intramolecular Hbond substituents is 1. The number of ether oxygens (including phenoxy) is 7. The molecule has 1 saturated carbocycles. The summed E-state index contributed by atoms with van der Waals surface area (Å²) in [6.45, 7) is 8.36. The van der Waals surface area contributed by atoms with Crippen molar-refractivity contribution in [3.05, 3.63) is 64.3 Å². The summed E-state index contributed by atoms with van der Waals surface area (Å²) in [4.78, 5) is 66.1. The number of aromatic hydroxyl groups is 1. The van der Waals surface area contributed by atoms with Crippen molar-refractivity contribution in [1.82, 2.24) is 0 Å². The monoisotopic (exact) mass is 822 g/mol. The van der Waals surface area contributed by atoms with Gasteiger partial charge in [-0.2, -0.15) is 0 Å².